The molecule has 0 aliphatic carbocycles. The van der Waals surface area contributed by atoms with Crippen molar-refractivity contribution in [2.24, 2.45) is 0 Å². The van der Waals surface area contributed by atoms with Gasteiger partial charge < -0.3 is 0 Å². The first kappa shape index (κ1) is 10.8. The molecule has 0 N–H and O–H groups in total. The van der Waals surface area contributed by atoms with Crippen molar-refractivity contribution in [1.82, 2.24) is 4.98 Å². The Hall–Kier alpha value is -0.670. The van der Waals surface area contributed by atoms with Gasteiger partial charge in [-0.05, 0) is 56.0 Å². The molecule has 0 amide bonds. The first-order valence-electron chi connectivity index (χ1n) is 4.55. The summed E-state index contributed by atoms with van der Waals surface area (Å²) in [6.45, 7) is 2.11. The summed E-state index contributed by atoms with van der Waals surface area (Å²) >= 11 is 6.90. The molecule has 1 aromatic carbocycles. The van der Waals surface area contributed by atoms with Crippen molar-refractivity contribution >= 4 is 31.9 Å². The minimum Gasteiger partial charge on any atom is -0.248 e. The molecule has 0 saturated carbocycles. The van der Waals surface area contributed by atoms with Crippen LogP contribution in [0.5, 0.6) is 0 Å². The van der Waals surface area contributed by atoms with E-state index in [2.05, 4.69) is 55.9 Å². The van der Waals surface area contributed by atoms with Gasteiger partial charge in [-0.3, -0.25) is 0 Å². The van der Waals surface area contributed by atoms with Crippen LogP contribution in [0.2, 0.25) is 0 Å². The van der Waals surface area contributed by atoms with Crippen LogP contribution in [0.25, 0.3) is 11.1 Å². The number of nitrogens with zero attached hydrogens (tertiary/aromatic N) is 1. The van der Waals surface area contributed by atoms with Crippen molar-refractivity contribution < 1.29 is 0 Å². The number of aromatic nitrogens is 1. The minimum atomic E-state index is 0.851. The standard InChI is InChI=1S/C12H9Br2N/c1-8-4-2-3-5-9(8)10-6-12(14)15-7-11(10)13/h2-7H,1H3. The fourth-order valence-corrected chi connectivity index (χ4v) is 2.26. The van der Waals surface area contributed by atoms with Crippen molar-refractivity contribution in [3.8, 4) is 11.1 Å². The lowest BCUT2D eigenvalue weighted by Crippen LogP contribution is -1.86. The zero-order valence-electron chi connectivity index (χ0n) is 8.17. The van der Waals surface area contributed by atoms with Gasteiger partial charge in [-0.25, -0.2) is 4.98 Å². The topological polar surface area (TPSA) is 12.9 Å². The average molecular weight is 327 g/mol. The van der Waals surface area contributed by atoms with E-state index >= 15 is 0 Å². The first-order chi connectivity index (χ1) is 7.18. The molecular formula is C12H9Br2N. The number of hydrogen-bond acceptors (Lipinski definition) is 1. The highest BCUT2D eigenvalue weighted by molar-refractivity contribution is 9.11. The van der Waals surface area contributed by atoms with Gasteiger partial charge in [-0.1, -0.05) is 24.3 Å². The molecule has 2 aromatic rings. The van der Waals surface area contributed by atoms with Crippen molar-refractivity contribution in [3.05, 3.63) is 51.2 Å². The third-order valence-electron chi connectivity index (χ3n) is 2.26. The van der Waals surface area contributed by atoms with Crippen LogP contribution in [0.4, 0.5) is 0 Å². The van der Waals surface area contributed by atoms with Crippen molar-refractivity contribution in [3.63, 3.8) is 0 Å². The predicted molar refractivity (Wildman–Crippen MR) is 69.8 cm³/mol. The van der Waals surface area contributed by atoms with Crippen molar-refractivity contribution in [2.45, 2.75) is 6.92 Å². The molecule has 3 heteroatoms. The summed E-state index contributed by atoms with van der Waals surface area (Å²) in [7, 11) is 0. The monoisotopic (exact) mass is 325 g/mol. The summed E-state index contributed by atoms with van der Waals surface area (Å²) < 4.78 is 1.86. The predicted octanol–water partition coefficient (Wildman–Crippen LogP) is 4.58. The van der Waals surface area contributed by atoms with Crippen molar-refractivity contribution in [2.75, 3.05) is 0 Å². The number of hydrogen-bond donors (Lipinski definition) is 0. The maximum Gasteiger partial charge on any atom is 0.106 e. The molecule has 0 atom stereocenters. The van der Waals surface area contributed by atoms with Crippen molar-refractivity contribution in [1.29, 1.82) is 0 Å². The van der Waals surface area contributed by atoms with E-state index in [1.54, 1.807) is 0 Å². The second-order valence-corrected chi connectivity index (χ2v) is 4.97. The van der Waals surface area contributed by atoms with E-state index in [0.717, 1.165) is 14.6 Å². The van der Waals surface area contributed by atoms with Gasteiger partial charge >= 0.3 is 0 Å². The van der Waals surface area contributed by atoms with Crippen LogP contribution in [-0.2, 0) is 0 Å². The molecule has 0 unspecified atom stereocenters. The molecule has 76 valence electrons. The van der Waals surface area contributed by atoms with E-state index in [4.69, 9.17) is 0 Å². The van der Waals surface area contributed by atoms with E-state index in [-0.39, 0.29) is 0 Å². The van der Waals surface area contributed by atoms with E-state index in [1.165, 1.54) is 11.1 Å². The molecule has 0 bridgehead atoms. The number of benzene rings is 1. The molecule has 1 heterocycles. The fraction of sp³-hybridized carbons (Fsp3) is 0.0833. The number of halogens is 2. The maximum atomic E-state index is 4.16. The van der Waals surface area contributed by atoms with Gasteiger partial charge in [0, 0.05) is 16.2 Å². The van der Waals surface area contributed by atoms with Crippen LogP contribution in [-0.4, -0.2) is 4.98 Å². The molecule has 0 fully saturated rings. The summed E-state index contributed by atoms with van der Waals surface area (Å²) in [6.07, 6.45) is 1.81. The Labute approximate surface area is 106 Å². The summed E-state index contributed by atoms with van der Waals surface area (Å²) in [5.41, 5.74) is 3.65. The smallest absolute Gasteiger partial charge is 0.106 e. The summed E-state index contributed by atoms with van der Waals surface area (Å²) in [5.74, 6) is 0. The molecule has 0 aliphatic rings. The minimum absolute atomic E-state index is 0.851. The van der Waals surface area contributed by atoms with Gasteiger partial charge in [-0.2, -0.15) is 0 Å². The zero-order chi connectivity index (χ0) is 10.8. The lowest BCUT2D eigenvalue weighted by molar-refractivity contribution is 1.26. The highest BCUT2D eigenvalue weighted by atomic mass is 79.9. The van der Waals surface area contributed by atoms with Gasteiger partial charge in [0.2, 0.25) is 0 Å². The highest BCUT2D eigenvalue weighted by Crippen LogP contribution is 2.31. The zero-order valence-corrected chi connectivity index (χ0v) is 11.3. The van der Waals surface area contributed by atoms with Crippen LogP contribution in [0.3, 0.4) is 0 Å². The van der Waals surface area contributed by atoms with Crippen LogP contribution >= 0.6 is 31.9 Å². The molecule has 0 aliphatic heterocycles. The molecule has 15 heavy (non-hydrogen) atoms. The molecule has 1 aromatic heterocycles. The van der Waals surface area contributed by atoms with E-state index in [0.29, 0.717) is 0 Å². The molecular weight excluding hydrogens is 318 g/mol. The van der Waals surface area contributed by atoms with E-state index in [9.17, 15) is 0 Å². The molecule has 0 saturated heterocycles. The second kappa shape index (κ2) is 4.45. The Morgan fingerprint density at radius 2 is 1.80 bits per heavy atom. The van der Waals surface area contributed by atoms with Crippen LogP contribution in [0.15, 0.2) is 45.6 Å². The van der Waals surface area contributed by atoms with Crippen LogP contribution in [0, 0.1) is 6.92 Å². The fourth-order valence-electron chi connectivity index (χ4n) is 1.49. The highest BCUT2D eigenvalue weighted by Gasteiger charge is 2.06. The SMILES string of the molecule is Cc1ccccc1-c1cc(Br)ncc1Br. The Bertz CT molecular complexity index is 495. The average Bonchev–Trinajstić information content (AvgIpc) is 2.23. The quantitative estimate of drug-likeness (QED) is 0.699. The van der Waals surface area contributed by atoms with Gasteiger partial charge in [0.1, 0.15) is 4.60 Å². The number of rotatable bonds is 1. The molecule has 0 radical (unpaired) electrons. The largest absolute Gasteiger partial charge is 0.248 e. The Kier molecular flexibility index (Phi) is 3.22. The summed E-state index contributed by atoms with van der Waals surface area (Å²) in [5, 5.41) is 0. The maximum absolute atomic E-state index is 4.16. The molecule has 0 spiro atoms. The van der Waals surface area contributed by atoms with E-state index < -0.39 is 0 Å². The van der Waals surface area contributed by atoms with Gasteiger partial charge in [0.25, 0.3) is 0 Å². The number of pyridine rings is 1. The molecule has 2 rings (SSSR count). The van der Waals surface area contributed by atoms with Crippen LogP contribution in [0.1, 0.15) is 5.56 Å². The Balaban J connectivity index is 2.64. The van der Waals surface area contributed by atoms with Crippen LogP contribution < -0.4 is 0 Å². The normalized spacial score (nSPS) is 10.3. The third-order valence-corrected chi connectivity index (χ3v) is 3.32. The Morgan fingerprint density at radius 3 is 2.53 bits per heavy atom. The van der Waals surface area contributed by atoms with E-state index in [1.807, 2.05) is 24.4 Å². The Morgan fingerprint density at radius 1 is 1.07 bits per heavy atom. The lowest BCUT2D eigenvalue weighted by atomic mass is 10.0. The number of aryl methyl sites for hydroxylation is 1. The lowest BCUT2D eigenvalue weighted by Gasteiger charge is -2.07. The van der Waals surface area contributed by atoms with Gasteiger partial charge in [0.05, 0.1) is 0 Å². The summed E-state index contributed by atoms with van der Waals surface area (Å²) in [6, 6.07) is 10.3. The summed E-state index contributed by atoms with van der Waals surface area (Å²) in [4.78, 5) is 4.16. The third kappa shape index (κ3) is 2.29. The molecule has 1 nitrogen and oxygen atoms in total. The second-order valence-electron chi connectivity index (χ2n) is 3.30. The first-order valence-corrected chi connectivity index (χ1v) is 6.14. The van der Waals surface area contributed by atoms with Gasteiger partial charge in [0.15, 0.2) is 0 Å². The van der Waals surface area contributed by atoms with Gasteiger partial charge in [-0.15, -0.1) is 0 Å².